The first-order valence-corrected chi connectivity index (χ1v) is 25.2. The van der Waals surface area contributed by atoms with E-state index in [0.29, 0.717) is 35.5 Å². The third kappa shape index (κ3) is 5.66. The van der Waals surface area contributed by atoms with Crippen LogP contribution in [0.2, 0.25) is 0 Å². The predicted octanol–water partition coefficient (Wildman–Crippen LogP) is 19.5. The number of fused-ring (bicyclic) bond motifs is 9. The SMILES string of the molecule is CC1=CC=C2c3cc4c(-c5cc(C(C)C)cc(C(C)C)c5)c5c(c(-c6cc(C(C)C)cc(C(C)C)c6)c4cc3C3=CC=CC1C32)-c1ccc2c3cc(C)cc4cc(C)cc(c6ccc-5c1c26)c43. The number of hydrogen-bond donors (Lipinski definition) is 0. The van der Waals surface area contributed by atoms with E-state index >= 15 is 0 Å². The van der Waals surface area contributed by atoms with E-state index in [2.05, 4.69) is 204 Å². The van der Waals surface area contributed by atoms with Gasteiger partial charge in [0, 0.05) is 11.8 Å². The molecule has 0 amide bonds. The van der Waals surface area contributed by atoms with Crippen molar-refractivity contribution in [2.75, 3.05) is 0 Å². The van der Waals surface area contributed by atoms with E-state index in [0.717, 1.165) is 0 Å². The highest BCUT2D eigenvalue weighted by Crippen LogP contribution is 2.62. The van der Waals surface area contributed by atoms with Gasteiger partial charge in [0.1, 0.15) is 0 Å². The predicted molar refractivity (Wildman–Crippen MR) is 292 cm³/mol. The zero-order chi connectivity index (χ0) is 46.1. The summed E-state index contributed by atoms with van der Waals surface area (Å²) in [4.78, 5) is 0. The highest BCUT2D eigenvalue weighted by molar-refractivity contribution is 6.39. The van der Waals surface area contributed by atoms with Crippen molar-refractivity contribution in [2.24, 2.45) is 11.8 Å². The number of hydrogen-bond acceptors (Lipinski definition) is 0. The molecule has 9 aromatic carbocycles. The second-order valence-electron chi connectivity index (χ2n) is 22.2. The molecule has 0 radical (unpaired) electrons. The summed E-state index contributed by atoms with van der Waals surface area (Å²) in [6.07, 6.45) is 12.0. The van der Waals surface area contributed by atoms with Crippen LogP contribution in [0.4, 0.5) is 0 Å². The first kappa shape index (κ1) is 40.7. The average Bonchev–Trinajstić information content (AvgIpc) is 3.80. The summed E-state index contributed by atoms with van der Waals surface area (Å²) < 4.78 is 0. The molecule has 67 heavy (non-hydrogen) atoms. The van der Waals surface area contributed by atoms with Crippen LogP contribution < -0.4 is 0 Å². The maximum absolute atomic E-state index is 2.65. The molecule has 4 aliphatic carbocycles. The normalized spacial score (nSPS) is 17.0. The molecule has 0 N–H and O–H groups in total. The standard InChI is InChI=1S/C67H60/c1-33(2)40-25-41(34(3)4)28-45(27-40)61-58-31-54-48-14-12-13-47-39(11)15-16-49(63(47)48)55(54)32-59(58)62(46-29-42(35(5)6)26-43(30-46)36(7)8)67-53-20-18-51-57-24-38(10)22-44-21-37(9)23-56(60(44)57)50-17-19-52(66(61)67)65(53)64(50)51/h12-36,47,63H,1-11H3. The fraction of sp³-hybridized carbons (Fsp3) is 0.254. The first-order chi connectivity index (χ1) is 32.2. The highest BCUT2D eigenvalue weighted by Gasteiger charge is 2.41. The minimum atomic E-state index is 0.352. The van der Waals surface area contributed by atoms with Crippen LogP contribution in [0.1, 0.15) is 130 Å². The molecule has 0 fully saturated rings. The van der Waals surface area contributed by atoms with Crippen molar-refractivity contribution in [1.82, 2.24) is 0 Å². The van der Waals surface area contributed by atoms with Crippen LogP contribution in [-0.2, 0) is 0 Å². The number of allylic oxidation sites excluding steroid dienone is 8. The Morgan fingerprint density at radius 3 is 1.30 bits per heavy atom. The van der Waals surface area contributed by atoms with Gasteiger partial charge >= 0.3 is 0 Å². The van der Waals surface area contributed by atoms with Crippen molar-refractivity contribution in [2.45, 2.75) is 99.8 Å². The minimum Gasteiger partial charge on any atom is -0.0764 e. The van der Waals surface area contributed by atoms with Crippen molar-refractivity contribution >= 4 is 65.0 Å². The molecule has 0 bridgehead atoms. The second kappa shape index (κ2) is 14.3. The zero-order valence-electron chi connectivity index (χ0n) is 41.1. The summed E-state index contributed by atoms with van der Waals surface area (Å²) in [6.45, 7) is 25.7. The summed E-state index contributed by atoms with van der Waals surface area (Å²) in [7, 11) is 0. The number of aryl methyl sites for hydroxylation is 2. The van der Waals surface area contributed by atoms with E-state index in [9.17, 15) is 0 Å². The van der Waals surface area contributed by atoms with Crippen molar-refractivity contribution in [3.05, 3.63) is 178 Å². The van der Waals surface area contributed by atoms with Crippen molar-refractivity contribution in [3.63, 3.8) is 0 Å². The van der Waals surface area contributed by atoms with Crippen LogP contribution in [0.3, 0.4) is 0 Å². The van der Waals surface area contributed by atoms with Gasteiger partial charge in [0.2, 0.25) is 0 Å². The largest absolute Gasteiger partial charge is 0.0764 e. The Morgan fingerprint density at radius 2 is 0.836 bits per heavy atom. The molecule has 0 saturated carbocycles. The smallest absolute Gasteiger partial charge is 0.0202 e. The van der Waals surface area contributed by atoms with Gasteiger partial charge in [-0.15, -0.1) is 0 Å². The summed E-state index contributed by atoms with van der Waals surface area (Å²) >= 11 is 0. The Kier molecular flexibility index (Phi) is 8.67. The van der Waals surface area contributed by atoms with Crippen LogP contribution in [0.15, 0.2) is 133 Å². The van der Waals surface area contributed by atoms with Gasteiger partial charge in [-0.1, -0.05) is 176 Å². The lowest BCUT2D eigenvalue weighted by atomic mass is 9.74. The monoisotopic (exact) mass is 864 g/mol. The van der Waals surface area contributed by atoms with E-state index in [-0.39, 0.29) is 0 Å². The Bertz CT molecular complexity index is 3720. The first-order valence-electron chi connectivity index (χ1n) is 25.2. The lowest BCUT2D eigenvalue weighted by Crippen LogP contribution is -2.17. The molecular formula is C67H60. The lowest BCUT2D eigenvalue weighted by molar-refractivity contribution is 0.665. The Labute approximate surface area is 396 Å². The van der Waals surface area contributed by atoms with Gasteiger partial charge < -0.3 is 0 Å². The quantitative estimate of drug-likeness (QED) is 0.115. The van der Waals surface area contributed by atoms with E-state index in [1.165, 1.54) is 160 Å². The molecule has 0 aromatic heterocycles. The van der Waals surface area contributed by atoms with Crippen LogP contribution >= 0.6 is 0 Å². The third-order valence-corrected chi connectivity index (χ3v) is 16.6. The maximum Gasteiger partial charge on any atom is 0.0202 e. The molecule has 2 unspecified atom stereocenters. The fourth-order valence-electron chi connectivity index (χ4n) is 13.1. The lowest BCUT2D eigenvalue weighted by Gasteiger charge is -2.29. The topological polar surface area (TPSA) is 0 Å². The van der Waals surface area contributed by atoms with Crippen LogP contribution in [0.25, 0.3) is 110 Å². The van der Waals surface area contributed by atoms with Gasteiger partial charge in [-0.3, -0.25) is 0 Å². The maximum atomic E-state index is 2.65. The Hall–Kier alpha value is -6.50. The van der Waals surface area contributed by atoms with Gasteiger partial charge in [-0.05, 0) is 211 Å². The van der Waals surface area contributed by atoms with Crippen LogP contribution in [0, 0.1) is 25.7 Å². The van der Waals surface area contributed by atoms with Crippen LogP contribution in [0.5, 0.6) is 0 Å². The Balaban J connectivity index is 1.27. The summed E-state index contributed by atoms with van der Waals surface area (Å²) in [5.41, 5.74) is 26.4. The van der Waals surface area contributed by atoms with Gasteiger partial charge in [-0.2, -0.15) is 0 Å². The summed E-state index contributed by atoms with van der Waals surface area (Å²) in [5.74, 6) is 2.33. The molecule has 4 aliphatic rings. The van der Waals surface area contributed by atoms with Gasteiger partial charge in [0.25, 0.3) is 0 Å². The average molecular weight is 865 g/mol. The molecule has 0 heteroatoms. The summed E-state index contributed by atoms with van der Waals surface area (Å²) in [6, 6.07) is 40.1. The molecule has 0 aliphatic heterocycles. The minimum absolute atomic E-state index is 0.352. The molecule has 0 spiro atoms. The van der Waals surface area contributed by atoms with Crippen molar-refractivity contribution < 1.29 is 0 Å². The fourth-order valence-corrected chi connectivity index (χ4v) is 13.1. The molecule has 0 saturated heterocycles. The molecule has 0 heterocycles. The Morgan fingerprint density at radius 1 is 0.373 bits per heavy atom. The molecule has 328 valence electrons. The van der Waals surface area contributed by atoms with E-state index in [1.807, 2.05) is 0 Å². The molecule has 13 rings (SSSR count). The number of rotatable bonds is 6. The van der Waals surface area contributed by atoms with Gasteiger partial charge in [-0.25, -0.2) is 0 Å². The number of benzene rings is 9. The molecule has 2 atom stereocenters. The molecule has 9 aromatic rings. The highest BCUT2D eigenvalue weighted by atomic mass is 14.4. The molecule has 0 nitrogen and oxygen atoms in total. The molecular weight excluding hydrogens is 805 g/mol. The van der Waals surface area contributed by atoms with Crippen molar-refractivity contribution in [3.8, 4) is 44.5 Å². The van der Waals surface area contributed by atoms with Gasteiger partial charge in [0.15, 0.2) is 0 Å². The van der Waals surface area contributed by atoms with E-state index < -0.39 is 0 Å². The van der Waals surface area contributed by atoms with E-state index in [4.69, 9.17) is 0 Å². The third-order valence-electron chi connectivity index (χ3n) is 16.6. The zero-order valence-corrected chi connectivity index (χ0v) is 41.1. The summed E-state index contributed by atoms with van der Waals surface area (Å²) in [5, 5.41) is 13.7. The van der Waals surface area contributed by atoms with E-state index in [1.54, 1.807) is 0 Å². The van der Waals surface area contributed by atoms with Crippen LogP contribution in [-0.4, -0.2) is 0 Å². The second-order valence-corrected chi connectivity index (χ2v) is 22.2. The van der Waals surface area contributed by atoms with Gasteiger partial charge in [0.05, 0.1) is 0 Å². The van der Waals surface area contributed by atoms with Crippen molar-refractivity contribution in [1.29, 1.82) is 0 Å².